The van der Waals surface area contributed by atoms with E-state index in [0.29, 0.717) is 12.5 Å². The number of fused-ring (bicyclic) bond motifs is 1. The molecule has 2 aliphatic rings. The van der Waals surface area contributed by atoms with Crippen LogP contribution in [0.1, 0.15) is 18.7 Å². The Balaban J connectivity index is 1.43. The topological polar surface area (TPSA) is 59.4 Å². The largest absolute Gasteiger partial charge is 0.371 e. The molecule has 20 heavy (non-hydrogen) atoms. The van der Waals surface area contributed by atoms with Crippen molar-refractivity contribution in [3.8, 4) is 0 Å². The van der Waals surface area contributed by atoms with Crippen molar-refractivity contribution in [1.29, 1.82) is 0 Å². The number of carbonyl (C=O) groups is 1. The molecule has 0 aromatic carbocycles. The van der Waals surface area contributed by atoms with Gasteiger partial charge in [-0.05, 0) is 12.8 Å². The van der Waals surface area contributed by atoms with E-state index in [1.165, 1.54) is 0 Å². The molecule has 1 fully saturated rings. The molecule has 0 bridgehead atoms. The molecule has 6 heteroatoms. The van der Waals surface area contributed by atoms with Crippen molar-refractivity contribution in [2.75, 3.05) is 32.8 Å². The van der Waals surface area contributed by atoms with Gasteiger partial charge in [-0.2, -0.15) is 0 Å². The van der Waals surface area contributed by atoms with E-state index in [1.54, 1.807) is 0 Å². The zero-order chi connectivity index (χ0) is 13.8. The molecule has 0 radical (unpaired) electrons. The van der Waals surface area contributed by atoms with Gasteiger partial charge in [0.25, 0.3) is 0 Å². The highest BCUT2D eigenvalue weighted by Gasteiger charge is 2.20. The van der Waals surface area contributed by atoms with E-state index < -0.39 is 0 Å². The Morgan fingerprint density at radius 2 is 2.30 bits per heavy atom. The molecule has 1 atom stereocenters. The van der Waals surface area contributed by atoms with Gasteiger partial charge in [0.15, 0.2) is 0 Å². The third-order valence-electron chi connectivity index (χ3n) is 4.01. The van der Waals surface area contributed by atoms with Gasteiger partial charge in [0.2, 0.25) is 5.91 Å². The van der Waals surface area contributed by atoms with Gasteiger partial charge < -0.3 is 19.5 Å². The number of ether oxygens (including phenoxy) is 1. The average molecular weight is 278 g/mol. The molecule has 3 heterocycles. The van der Waals surface area contributed by atoms with Crippen LogP contribution in [0.2, 0.25) is 0 Å². The smallest absolute Gasteiger partial charge is 0.248 e. The van der Waals surface area contributed by atoms with Crippen LogP contribution in [0.15, 0.2) is 12.4 Å². The molecule has 2 aliphatic heterocycles. The van der Waals surface area contributed by atoms with Crippen molar-refractivity contribution in [2.24, 2.45) is 5.92 Å². The van der Waals surface area contributed by atoms with Crippen molar-refractivity contribution in [2.45, 2.75) is 25.9 Å². The van der Waals surface area contributed by atoms with Gasteiger partial charge in [0, 0.05) is 44.5 Å². The predicted molar refractivity (Wildman–Crippen MR) is 74.1 cm³/mol. The first-order valence-electron chi connectivity index (χ1n) is 7.39. The van der Waals surface area contributed by atoms with Crippen LogP contribution in [0.5, 0.6) is 0 Å². The van der Waals surface area contributed by atoms with Gasteiger partial charge in [0.05, 0.1) is 13.2 Å². The molecule has 1 amide bonds. The van der Waals surface area contributed by atoms with Gasteiger partial charge in [-0.1, -0.05) is 0 Å². The molecule has 1 aromatic rings. The minimum Gasteiger partial charge on any atom is -0.371 e. The first kappa shape index (κ1) is 13.6. The van der Waals surface area contributed by atoms with Crippen LogP contribution in [-0.4, -0.2) is 53.2 Å². The summed E-state index contributed by atoms with van der Waals surface area (Å²) in [6.07, 6.45) is 6.09. The maximum atomic E-state index is 11.9. The Kier molecular flexibility index (Phi) is 4.32. The highest BCUT2D eigenvalue weighted by Crippen LogP contribution is 2.10. The van der Waals surface area contributed by atoms with Crippen LogP contribution in [0, 0.1) is 5.92 Å². The Bertz CT molecular complexity index is 454. The molecule has 1 aromatic heterocycles. The van der Waals surface area contributed by atoms with E-state index in [2.05, 4.69) is 14.9 Å². The summed E-state index contributed by atoms with van der Waals surface area (Å²) in [4.78, 5) is 18.1. The zero-order valence-corrected chi connectivity index (χ0v) is 11.8. The van der Waals surface area contributed by atoms with Crippen molar-refractivity contribution >= 4 is 5.91 Å². The van der Waals surface area contributed by atoms with Crippen molar-refractivity contribution < 1.29 is 9.53 Å². The standard InChI is InChI=1S/C14H22N4O2/c19-14(17-4-1-2-5-17)11-20-10-12-7-15-8-13-16-3-6-18(13)9-12/h3,6,12,15H,1-2,4-5,7-11H2/t12-/m1/s1. The molecule has 0 aliphatic carbocycles. The summed E-state index contributed by atoms with van der Waals surface area (Å²) in [6, 6.07) is 0. The molecule has 6 nitrogen and oxygen atoms in total. The highest BCUT2D eigenvalue weighted by atomic mass is 16.5. The van der Waals surface area contributed by atoms with Crippen LogP contribution < -0.4 is 5.32 Å². The average Bonchev–Trinajstić information content (AvgIpc) is 3.08. The third kappa shape index (κ3) is 3.19. The Hall–Kier alpha value is -1.40. The Morgan fingerprint density at radius 3 is 3.15 bits per heavy atom. The lowest BCUT2D eigenvalue weighted by Crippen LogP contribution is -2.33. The molecule has 3 rings (SSSR count). The SMILES string of the molecule is O=C(COC[C@@H]1CNCc2nccn2C1)N1CCCC1. The van der Waals surface area contributed by atoms with Crippen LogP contribution in [-0.2, 0) is 22.6 Å². The fraction of sp³-hybridized carbons (Fsp3) is 0.714. The molecule has 1 N–H and O–H groups in total. The van der Waals surface area contributed by atoms with Crippen LogP contribution >= 0.6 is 0 Å². The van der Waals surface area contributed by atoms with Crippen molar-refractivity contribution in [1.82, 2.24) is 19.8 Å². The third-order valence-corrected chi connectivity index (χ3v) is 4.01. The highest BCUT2D eigenvalue weighted by molar-refractivity contribution is 5.77. The second kappa shape index (κ2) is 6.37. The summed E-state index contributed by atoms with van der Waals surface area (Å²) < 4.78 is 7.79. The van der Waals surface area contributed by atoms with Gasteiger partial charge in [-0.15, -0.1) is 0 Å². The fourth-order valence-electron chi connectivity index (χ4n) is 2.89. The van der Waals surface area contributed by atoms with E-state index in [-0.39, 0.29) is 12.5 Å². The summed E-state index contributed by atoms with van der Waals surface area (Å²) >= 11 is 0. The Labute approximate surface area is 119 Å². The first-order chi connectivity index (χ1) is 9.83. The maximum absolute atomic E-state index is 11.9. The summed E-state index contributed by atoms with van der Waals surface area (Å²) in [7, 11) is 0. The van der Waals surface area contributed by atoms with Gasteiger partial charge in [-0.3, -0.25) is 4.79 Å². The number of nitrogens with zero attached hydrogens (tertiary/aromatic N) is 3. The minimum absolute atomic E-state index is 0.132. The summed E-state index contributed by atoms with van der Waals surface area (Å²) in [6.45, 7) is 5.23. The summed E-state index contributed by atoms with van der Waals surface area (Å²) in [5, 5.41) is 3.37. The molecule has 1 saturated heterocycles. The van der Waals surface area contributed by atoms with Crippen LogP contribution in [0.4, 0.5) is 0 Å². The van der Waals surface area contributed by atoms with E-state index in [4.69, 9.17) is 4.74 Å². The number of rotatable bonds is 4. The maximum Gasteiger partial charge on any atom is 0.248 e. The summed E-state index contributed by atoms with van der Waals surface area (Å²) in [5.41, 5.74) is 0. The fourth-order valence-corrected chi connectivity index (χ4v) is 2.89. The number of imidazole rings is 1. The molecule has 0 unspecified atom stereocenters. The number of aromatic nitrogens is 2. The van der Waals surface area contributed by atoms with Crippen LogP contribution in [0.25, 0.3) is 0 Å². The lowest BCUT2D eigenvalue weighted by molar-refractivity contribution is -0.135. The quantitative estimate of drug-likeness (QED) is 0.857. The predicted octanol–water partition coefficient (Wildman–Crippen LogP) is 0.242. The zero-order valence-electron chi connectivity index (χ0n) is 11.8. The molecule has 110 valence electrons. The number of nitrogens with one attached hydrogen (secondary N) is 1. The number of hydrogen-bond acceptors (Lipinski definition) is 4. The second-order valence-corrected chi connectivity index (χ2v) is 5.60. The van der Waals surface area contributed by atoms with Gasteiger partial charge >= 0.3 is 0 Å². The lowest BCUT2D eigenvalue weighted by atomic mass is 10.1. The molecular formula is C14H22N4O2. The number of amides is 1. The minimum atomic E-state index is 0.132. The first-order valence-corrected chi connectivity index (χ1v) is 7.39. The summed E-state index contributed by atoms with van der Waals surface area (Å²) in [5.74, 6) is 1.59. The molecular weight excluding hydrogens is 256 g/mol. The Morgan fingerprint density at radius 1 is 1.45 bits per heavy atom. The molecule has 0 spiro atoms. The van der Waals surface area contributed by atoms with E-state index in [1.807, 2.05) is 17.3 Å². The monoisotopic (exact) mass is 278 g/mol. The second-order valence-electron chi connectivity index (χ2n) is 5.60. The number of carbonyl (C=O) groups excluding carboxylic acids is 1. The van der Waals surface area contributed by atoms with E-state index >= 15 is 0 Å². The number of likely N-dealkylation sites (tertiary alicyclic amines) is 1. The van der Waals surface area contributed by atoms with E-state index in [0.717, 1.165) is 51.4 Å². The lowest BCUT2D eigenvalue weighted by Gasteiger charge is -2.18. The van der Waals surface area contributed by atoms with Crippen molar-refractivity contribution in [3.63, 3.8) is 0 Å². The number of hydrogen-bond donors (Lipinski definition) is 1. The normalized spacial score (nSPS) is 22.6. The van der Waals surface area contributed by atoms with Crippen molar-refractivity contribution in [3.05, 3.63) is 18.2 Å². The van der Waals surface area contributed by atoms with Gasteiger partial charge in [-0.25, -0.2) is 4.98 Å². The van der Waals surface area contributed by atoms with E-state index in [9.17, 15) is 4.79 Å². The van der Waals surface area contributed by atoms with Crippen LogP contribution in [0.3, 0.4) is 0 Å². The van der Waals surface area contributed by atoms with Gasteiger partial charge in [0.1, 0.15) is 12.4 Å². The molecule has 0 saturated carbocycles.